The first-order chi connectivity index (χ1) is 16.5. The zero-order chi connectivity index (χ0) is 24.3. The van der Waals surface area contributed by atoms with Crippen molar-refractivity contribution in [3.05, 3.63) is 29.8 Å². The second kappa shape index (κ2) is 13.8. The summed E-state index contributed by atoms with van der Waals surface area (Å²) in [5.74, 6) is 0.406. The Morgan fingerprint density at radius 1 is 0.882 bits per heavy atom. The molecular weight excluding hydrogens is 424 g/mol. The Labute approximate surface area is 207 Å². The summed E-state index contributed by atoms with van der Waals surface area (Å²) in [4.78, 5) is 34.2. The Balaban J connectivity index is 1.71. The molecule has 2 heterocycles. The average Bonchev–Trinajstić information content (AvgIpc) is 2.87. The number of nitrogens with zero attached hydrogens (tertiary/aromatic N) is 4. The molecule has 3 rings (SSSR count). The van der Waals surface area contributed by atoms with Crippen molar-refractivity contribution in [2.75, 3.05) is 50.7 Å². The number of fused-ring (bicyclic) bond motifs is 1. The van der Waals surface area contributed by atoms with Crippen LogP contribution in [0.2, 0.25) is 0 Å². The maximum Gasteiger partial charge on any atom is 0.236 e. The molecule has 1 fully saturated rings. The number of hydrogen-bond acceptors (Lipinski definition) is 4. The van der Waals surface area contributed by atoms with Crippen LogP contribution in [0, 0.1) is 0 Å². The van der Waals surface area contributed by atoms with Crippen LogP contribution < -0.4 is 4.90 Å². The van der Waals surface area contributed by atoms with Crippen molar-refractivity contribution in [3.63, 3.8) is 0 Å². The third-order valence-corrected chi connectivity index (χ3v) is 7.70. The molecule has 0 aliphatic carbocycles. The number of carbonyl (C=O) groups is 2. The van der Waals surface area contributed by atoms with Crippen molar-refractivity contribution >= 4 is 17.5 Å². The van der Waals surface area contributed by atoms with E-state index < -0.39 is 0 Å². The third kappa shape index (κ3) is 7.54. The Morgan fingerprint density at radius 2 is 1.50 bits per heavy atom. The lowest BCUT2D eigenvalue weighted by Crippen LogP contribution is -2.49. The van der Waals surface area contributed by atoms with Crippen LogP contribution in [0.25, 0.3) is 0 Å². The van der Waals surface area contributed by atoms with Gasteiger partial charge in [0.1, 0.15) is 0 Å². The predicted octanol–water partition coefficient (Wildman–Crippen LogP) is 4.53. The van der Waals surface area contributed by atoms with Crippen molar-refractivity contribution in [3.8, 4) is 0 Å². The molecule has 1 saturated heterocycles. The van der Waals surface area contributed by atoms with Crippen LogP contribution in [-0.2, 0) is 16.1 Å². The van der Waals surface area contributed by atoms with E-state index in [0.29, 0.717) is 12.6 Å². The van der Waals surface area contributed by atoms with Crippen LogP contribution in [0.4, 0.5) is 5.69 Å². The zero-order valence-corrected chi connectivity index (χ0v) is 21.8. The van der Waals surface area contributed by atoms with Gasteiger partial charge in [-0.15, -0.1) is 0 Å². The van der Waals surface area contributed by atoms with Gasteiger partial charge in [-0.2, -0.15) is 0 Å². The minimum absolute atomic E-state index is 0.133. The van der Waals surface area contributed by atoms with Crippen molar-refractivity contribution in [2.45, 2.75) is 84.7 Å². The van der Waals surface area contributed by atoms with Gasteiger partial charge >= 0.3 is 0 Å². The monoisotopic (exact) mass is 470 g/mol. The van der Waals surface area contributed by atoms with Crippen LogP contribution in [0.3, 0.4) is 0 Å². The van der Waals surface area contributed by atoms with E-state index in [-0.39, 0.29) is 11.8 Å². The maximum absolute atomic E-state index is 12.8. The highest BCUT2D eigenvalue weighted by Gasteiger charge is 2.28. The molecular formula is C28H46N4O2. The molecule has 1 aromatic carbocycles. The molecule has 2 aliphatic rings. The number of para-hydroxylation sites is 1. The number of anilines is 1. The van der Waals surface area contributed by atoms with E-state index in [1.54, 1.807) is 6.92 Å². The Hall–Kier alpha value is -1.92. The molecule has 6 heteroatoms. The van der Waals surface area contributed by atoms with Gasteiger partial charge < -0.3 is 9.80 Å². The summed E-state index contributed by atoms with van der Waals surface area (Å²) >= 11 is 0. The molecule has 0 radical (unpaired) electrons. The number of benzene rings is 1. The molecule has 6 nitrogen and oxygen atoms in total. The van der Waals surface area contributed by atoms with Gasteiger partial charge in [-0.25, -0.2) is 0 Å². The average molecular weight is 471 g/mol. The molecule has 34 heavy (non-hydrogen) atoms. The fraction of sp³-hybridized carbons (Fsp3) is 0.714. The Kier molecular flexibility index (Phi) is 10.9. The van der Waals surface area contributed by atoms with E-state index in [2.05, 4.69) is 52.8 Å². The smallest absolute Gasteiger partial charge is 0.236 e. The lowest BCUT2D eigenvalue weighted by molar-refractivity contribution is -0.134. The number of rotatable bonds is 5. The molecule has 0 saturated carbocycles. The molecule has 0 atom stereocenters. The molecule has 0 bridgehead atoms. The van der Waals surface area contributed by atoms with Gasteiger partial charge in [0.2, 0.25) is 11.8 Å². The minimum atomic E-state index is 0.133. The van der Waals surface area contributed by atoms with Crippen LogP contribution >= 0.6 is 0 Å². The number of carbonyl (C=O) groups excluding carboxylic acids is 2. The van der Waals surface area contributed by atoms with Crippen molar-refractivity contribution < 1.29 is 9.59 Å². The van der Waals surface area contributed by atoms with Crippen LogP contribution in [0.1, 0.15) is 77.7 Å². The fourth-order valence-corrected chi connectivity index (χ4v) is 5.48. The minimum Gasteiger partial charge on any atom is -0.341 e. The SMILES string of the molecule is CCN(CC)CC(=O)N1CCC(N2CCCCCCCCN(C(C)=O)c3ccccc3C2)CC1. The summed E-state index contributed by atoms with van der Waals surface area (Å²) in [5, 5.41) is 0. The number of likely N-dealkylation sites (tertiary alicyclic amines) is 1. The second-order valence-corrected chi connectivity index (χ2v) is 9.96. The van der Waals surface area contributed by atoms with E-state index >= 15 is 0 Å². The first-order valence-corrected chi connectivity index (χ1v) is 13.6. The number of hydrogen-bond donors (Lipinski definition) is 0. The van der Waals surface area contributed by atoms with Gasteiger partial charge in [0.05, 0.1) is 6.54 Å². The van der Waals surface area contributed by atoms with E-state index in [1.165, 1.54) is 37.7 Å². The van der Waals surface area contributed by atoms with Gasteiger partial charge in [-0.1, -0.05) is 57.7 Å². The van der Waals surface area contributed by atoms with Crippen LogP contribution in [0.5, 0.6) is 0 Å². The summed E-state index contributed by atoms with van der Waals surface area (Å²) in [6, 6.07) is 8.95. The highest BCUT2D eigenvalue weighted by Crippen LogP contribution is 2.27. The second-order valence-electron chi connectivity index (χ2n) is 9.96. The highest BCUT2D eigenvalue weighted by molar-refractivity contribution is 5.92. The molecule has 0 N–H and O–H groups in total. The molecule has 1 aromatic rings. The van der Waals surface area contributed by atoms with Gasteiger partial charge in [0.25, 0.3) is 0 Å². The Morgan fingerprint density at radius 3 is 2.15 bits per heavy atom. The summed E-state index contributed by atoms with van der Waals surface area (Å²) < 4.78 is 0. The standard InChI is InChI=1S/C28H46N4O2/c1-4-29(5-2)23-28(34)30-20-16-26(17-21-30)31-18-12-8-6-7-9-13-19-32(24(3)33)27-15-11-10-14-25(27)22-31/h10-11,14-15,26H,4-9,12-13,16-23H2,1-3H3. The number of amides is 2. The van der Waals surface area contributed by atoms with E-state index in [1.807, 2.05) is 4.90 Å². The van der Waals surface area contributed by atoms with Crippen molar-refractivity contribution in [1.82, 2.24) is 14.7 Å². The van der Waals surface area contributed by atoms with Crippen molar-refractivity contribution in [2.24, 2.45) is 0 Å². The Bertz CT molecular complexity index is 771. The maximum atomic E-state index is 12.8. The number of likely N-dealkylation sites (N-methyl/N-ethyl adjacent to an activating group) is 1. The van der Waals surface area contributed by atoms with E-state index in [9.17, 15) is 9.59 Å². The first kappa shape index (κ1) is 26.7. The first-order valence-electron chi connectivity index (χ1n) is 13.6. The lowest BCUT2D eigenvalue weighted by atomic mass is 10.0. The third-order valence-electron chi connectivity index (χ3n) is 7.70. The van der Waals surface area contributed by atoms with E-state index in [4.69, 9.17) is 0 Å². The topological polar surface area (TPSA) is 47.1 Å². The molecule has 0 unspecified atom stereocenters. The summed E-state index contributed by atoms with van der Waals surface area (Å²) in [6.07, 6.45) is 9.34. The summed E-state index contributed by atoms with van der Waals surface area (Å²) in [7, 11) is 0. The van der Waals surface area contributed by atoms with Crippen molar-refractivity contribution in [1.29, 1.82) is 0 Å². The highest BCUT2D eigenvalue weighted by atomic mass is 16.2. The molecule has 2 aliphatic heterocycles. The zero-order valence-electron chi connectivity index (χ0n) is 21.8. The predicted molar refractivity (Wildman–Crippen MR) is 140 cm³/mol. The quantitative estimate of drug-likeness (QED) is 0.634. The molecule has 190 valence electrons. The number of piperidine rings is 1. The lowest BCUT2D eigenvalue weighted by Gasteiger charge is -2.39. The fourth-order valence-electron chi connectivity index (χ4n) is 5.48. The normalized spacial score (nSPS) is 19.8. The molecule has 0 aromatic heterocycles. The largest absolute Gasteiger partial charge is 0.341 e. The van der Waals surface area contributed by atoms with Gasteiger partial charge in [-0.3, -0.25) is 19.4 Å². The van der Waals surface area contributed by atoms with E-state index in [0.717, 1.165) is 70.8 Å². The van der Waals surface area contributed by atoms with Crippen LogP contribution in [-0.4, -0.2) is 78.4 Å². The summed E-state index contributed by atoms with van der Waals surface area (Å²) in [6.45, 7) is 12.8. The van der Waals surface area contributed by atoms with Gasteiger partial charge in [-0.05, 0) is 56.9 Å². The van der Waals surface area contributed by atoms with Gasteiger partial charge in [0, 0.05) is 44.8 Å². The summed E-state index contributed by atoms with van der Waals surface area (Å²) in [5.41, 5.74) is 2.32. The van der Waals surface area contributed by atoms with Gasteiger partial charge in [0.15, 0.2) is 0 Å². The van der Waals surface area contributed by atoms with Crippen LogP contribution in [0.15, 0.2) is 24.3 Å². The molecule has 0 spiro atoms. The molecule has 2 amide bonds.